The van der Waals surface area contributed by atoms with Gasteiger partial charge < -0.3 is 19.8 Å². The van der Waals surface area contributed by atoms with E-state index in [9.17, 15) is 9.59 Å². The third kappa shape index (κ3) is 3.36. The van der Waals surface area contributed by atoms with Crippen LogP contribution in [0.1, 0.15) is 53.6 Å². The second-order valence-corrected chi connectivity index (χ2v) is 7.14. The number of nitrogens with zero attached hydrogens (tertiary/aromatic N) is 4. The molecule has 4 heterocycles. The average molecular weight is 356 g/mol. The highest BCUT2D eigenvalue weighted by Crippen LogP contribution is 2.29. The van der Waals surface area contributed by atoms with Crippen LogP contribution in [0, 0.1) is 6.92 Å². The van der Waals surface area contributed by atoms with Crippen LogP contribution >= 0.6 is 0 Å². The number of nitrogens with one attached hydrogen (secondary N) is 2. The molecular weight excluding hydrogens is 332 g/mol. The fourth-order valence-corrected chi connectivity index (χ4v) is 3.91. The van der Waals surface area contributed by atoms with Gasteiger partial charge in [0.2, 0.25) is 0 Å². The molecule has 1 atom stereocenters. The minimum absolute atomic E-state index is 0.140. The predicted octanol–water partition coefficient (Wildman–Crippen LogP) is 1.42. The molecule has 138 valence electrons. The van der Waals surface area contributed by atoms with Crippen LogP contribution in [0.15, 0.2) is 17.1 Å². The number of imidazole rings is 1. The Bertz CT molecular complexity index is 851. The van der Waals surface area contributed by atoms with Gasteiger partial charge in [0.1, 0.15) is 17.3 Å². The summed E-state index contributed by atoms with van der Waals surface area (Å²) in [7, 11) is 0. The monoisotopic (exact) mass is 356 g/mol. The average Bonchev–Trinajstić information content (AvgIpc) is 3.32. The lowest BCUT2D eigenvalue weighted by Gasteiger charge is -2.32. The Balaban J connectivity index is 1.54. The molecule has 0 aliphatic carbocycles. The summed E-state index contributed by atoms with van der Waals surface area (Å²) in [6.07, 6.45) is 5.78. The first-order chi connectivity index (χ1) is 12.6. The number of carbonyl (C=O) groups excluding carboxylic acids is 1. The summed E-state index contributed by atoms with van der Waals surface area (Å²) in [6.45, 7) is 5.34. The predicted molar refractivity (Wildman–Crippen MR) is 97.5 cm³/mol. The fraction of sp³-hybridized carbons (Fsp3) is 0.556. The Morgan fingerprint density at radius 3 is 2.73 bits per heavy atom. The normalized spacial score (nSPS) is 20.6. The van der Waals surface area contributed by atoms with E-state index in [2.05, 4.69) is 30.9 Å². The molecule has 2 aromatic rings. The summed E-state index contributed by atoms with van der Waals surface area (Å²) >= 11 is 0. The molecule has 8 heteroatoms. The van der Waals surface area contributed by atoms with Crippen LogP contribution in [-0.2, 0) is 0 Å². The van der Waals surface area contributed by atoms with Crippen molar-refractivity contribution in [2.24, 2.45) is 0 Å². The molecule has 8 nitrogen and oxygen atoms in total. The molecule has 2 N–H and O–H groups in total. The highest BCUT2D eigenvalue weighted by molar-refractivity contribution is 5.92. The zero-order valence-electron chi connectivity index (χ0n) is 15.0. The molecule has 0 saturated carbocycles. The van der Waals surface area contributed by atoms with Crippen LogP contribution in [0.3, 0.4) is 0 Å². The summed E-state index contributed by atoms with van der Waals surface area (Å²) < 4.78 is 0. The summed E-state index contributed by atoms with van der Waals surface area (Å²) in [5.74, 6) is 1.84. The van der Waals surface area contributed by atoms with Gasteiger partial charge >= 0.3 is 5.69 Å². The third-order valence-corrected chi connectivity index (χ3v) is 5.23. The lowest BCUT2D eigenvalue weighted by Crippen LogP contribution is -2.39. The molecule has 1 unspecified atom stereocenters. The van der Waals surface area contributed by atoms with Gasteiger partial charge in [0.05, 0.1) is 5.69 Å². The van der Waals surface area contributed by atoms with E-state index in [4.69, 9.17) is 0 Å². The van der Waals surface area contributed by atoms with Gasteiger partial charge in [0.15, 0.2) is 0 Å². The van der Waals surface area contributed by atoms with E-state index in [-0.39, 0.29) is 17.5 Å². The van der Waals surface area contributed by atoms with Gasteiger partial charge in [-0.1, -0.05) is 0 Å². The molecule has 2 fully saturated rings. The van der Waals surface area contributed by atoms with Crippen molar-refractivity contribution >= 4 is 11.7 Å². The highest BCUT2D eigenvalue weighted by Gasteiger charge is 2.28. The number of anilines is 1. The van der Waals surface area contributed by atoms with Crippen molar-refractivity contribution in [2.45, 2.75) is 38.5 Å². The molecule has 0 bridgehead atoms. The molecule has 2 aliphatic heterocycles. The number of hydrogen-bond donors (Lipinski definition) is 2. The van der Waals surface area contributed by atoms with Crippen molar-refractivity contribution in [1.82, 2.24) is 24.8 Å². The molecule has 2 saturated heterocycles. The molecule has 1 amide bonds. The Kier molecular flexibility index (Phi) is 4.48. The maximum absolute atomic E-state index is 12.6. The number of aromatic amines is 2. The highest BCUT2D eigenvalue weighted by atomic mass is 16.2. The molecule has 2 aromatic heterocycles. The molecule has 0 aromatic carbocycles. The van der Waals surface area contributed by atoms with Crippen LogP contribution < -0.4 is 10.6 Å². The van der Waals surface area contributed by atoms with E-state index < -0.39 is 0 Å². The van der Waals surface area contributed by atoms with E-state index in [1.165, 1.54) is 19.0 Å². The standard InChI is InChI=1S/C18H24N6O2/c1-12-20-14(9-16(21-12)23-6-2-3-7-23)13-5-4-8-24(11-13)17(25)15-10-19-18(26)22-15/h9-10,13H,2-8,11H2,1H3,(H2,19,22,26). The second-order valence-electron chi connectivity index (χ2n) is 7.14. The van der Waals surface area contributed by atoms with Crippen LogP contribution in [0.2, 0.25) is 0 Å². The van der Waals surface area contributed by atoms with E-state index in [0.29, 0.717) is 18.8 Å². The Labute approximate surface area is 151 Å². The molecule has 0 spiro atoms. The number of hydrogen-bond acceptors (Lipinski definition) is 5. The maximum Gasteiger partial charge on any atom is 0.323 e. The lowest BCUT2D eigenvalue weighted by molar-refractivity contribution is 0.0700. The smallest absolute Gasteiger partial charge is 0.323 e. The number of piperidine rings is 1. The van der Waals surface area contributed by atoms with E-state index in [0.717, 1.165) is 43.3 Å². The first-order valence-corrected chi connectivity index (χ1v) is 9.27. The molecule has 4 rings (SSSR count). The van der Waals surface area contributed by atoms with E-state index in [1.54, 1.807) is 4.90 Å². The van der Waals surface area contributed by atoms with Crippen molar-refractivity contribution in [3.63, 3.8) is 0 Å². The lowest BCUT2D eigenvalue weighted by atomic mass is 9.94. The van der Waals surface area contributed by atoms with Gasteiger partial charge in [-0.25, -0.2) is 14.8 Å². The summed E-state index contributed by atoms with van der Waals surface area (Å²) in [5.41, 5.74) is 0.968. The maximum atomic E-state index is 12.6. The van der Waals surface area contributed by atoms with Crippen molar-refractivity contribution in [3.05, 3.63) is 40.0 Å². The number of aryl methyl sites for hydroxylation is 1. The van der Waals surface area contributed by atoms with Crippen molar-refractivity contribution in [2.75, 3.05) is 31.1 Å². The van der Waals surface area contributed by atoms with Crippen molar-refractivity contribution in [1.29, 1.82) is 0 Å². The van der Waals surface area contributed by atoms with Crippen LogP contribution in [-0.4, -0.2) is 56.9 Å². The van der Waals surface area contributed by atoms with E-state index >= 15 is 0 Å². The number of likely N-dealkylation sites (tertiary alicyclic amines) is 1. The van der Waals surface area contributed by atoms with Crippen molar-refractivity contribution in [3.8, 4) is 0 Å². The summed E-state index contributed by atoms with van der Waals surface area (Å²) in [6, 6.07) is 2.09. The van der Waals surface area contributed by atoms with Crippen LogP contribution in [0.4, 0.5) is 5.82 Å². The van der Waals surface area contributed by atoms with Gasteiger partial charge in [-0.05, 0) is 32.6 Å². The second kappa shape index (κ2) is 6.93. The Morgan fingerprint density at radius 2 is 2.00 bits per heavy atom. The molecule has 2 aliphatic rings. The number of carbonyl (C=O) groups is 1. The minimum atomic E-state index is -0.358. The topological polar surface area (TPSA) is 98.0 Å². The van der Waals surface area contributed by atoms with Crippen LogP contribution in [0.5, 0.6) is 0 Å². The summed E-state index contributed by atoms with van der Waals surface area (Å²) in [5, 5.41) is 0. The quantitative estimate of drug-likeness (QED) is 0.867. The SMILES string of the molecule is Cc1nc(C2CCCN(C(=O)c3c[nH]c(=O)[nH]3)C2)cc(N2CCCC2)n1. The largest absolute Gasteiger partial charge is 0.357 e. The number of H-pyrrole nitrogens is 2. The zero-order valence-corrected chi connectivity index (χ0v) is 15.0. The van der Waals surface area contributed by atoms with Gasteiger partial charge in [-0.2, -0.15) is 0 Å². The molecular formula is C18H24N6O2. The molecule has 26 heavy (non-hydrogen) atoms. The molecule has 0 radical (unpaired) electrons. The Morgan fingerprint density at radius 1 is 1.19 bits per heavy atom. The van der Waals surface area contributed by atoms with Gasteiger partial charge in [-0.3, -0.25) is 4.79 Å². The van der Waals surface area contributed by atoms with Gasteiger partial charge in [0.25, 0.3) is 5.91 Å². The minimum Gasteiger partial charge on any atom is -0.357 e. The van der Waals surface area contributed by atoms with Crippen molar-refractivity contribution < 1.29 is 4.79 Å². The Hall–Kier alpha value is -2.64. The number of amides is 1. The summed E-state index contributed by atoms with van der Waals surface area (Å²) in [4.78, 5) is 42.3. The number of aromatic nitrogens is 4. The third-order valence-electron chi connectivity index (χ3n) is 5.23. The van der Waals surface area contributed by atoms with Crippen LogP contribution in [0.25, 0.3) is 0 Å². The first-order valence-electron chi connectivity index (χ1n) is 9.27. The fourth-order valence-electron chi connectivity index (χ4n) is 3.91. The van der Waals surface area contributed by atoms with E-state index in [1.807, 2.05) is 6.92 Å². The first kappa shape index (κ1) is 16.8. The zero-order chi connectivity index (χ0) is 18.1. The van der Waals surface area contributed by atoms with Gasteiger partial charge in [-0.15, -0.1) is 0 Å². The number of rotatable bonds is 3. The van der Waals surface area contributed by atoms with Gasteiger partial charge in [0, 0.05) is 44.4 Å².